The molecule has 0 radical (unpaired) electrons. The molecule has 0 heteroatoms. The summed E-state index contributed by atoms with van der Waals surface area (Å²) in [6.45, 7) is 10.9. The maximum atomic E-state index is 2.38. The van der Waals surface area contributed by atoms with E-state index in [9.17, 15) is 0 Å². The zero-order chi connectivity index (χ0) is 11.7. The first kappa shape index (κ1) is 14.2. The van der Waals surface area contributed by atoms with Gasteiger partial charge in [-0.1, -0.05) is 34.9 Å². The summed E-state index contributed by atoms with van der Waals surface area (Å²) >= 11 is 0. The molecule has 0 saturated carbocycles. The standard InChI is InChI=1S/C15H26/c1-6-14(4)10-8-12-15(5)11-7-9-13(2)3/h6,9,12H,7-8,10-11H2,1-5H3/b14-6+,15-12-. The van der Waals surface area contributed by atoms with Gasteiger partial charge in [-0.25, -0.2) is 0 Å². The molecule has 0 aromatic carbocycles. The number of hydrogen-bond acceptors (Lipinski definition) is 0. The smallest absolute Gasteiger partial charge is 0.0288 e. The Morgan fingerprint density at radius 1 is 0.800 bits per heavy atom. The molecule has 15 heavy (non-hydrogen) atoms. The van der Waals surface area contributed by atoms with Gasteiger partial charge in [0.1, 0.15) is 0 Å². The summed E-state index contributed by atoms with van der Waals surface area (Å²) in [7, 11) is 0. The van der Waals surface area contributed by atoms with Gasteiger partial charge in [0.15, 0.2) is 0 Å². The molecule has 0 saturated heterocycles. The Morgan fingerprint density at radius 3 is 1.87 bits per heavy atom. The summed E-state index contributed by atoms with van der Waals surface area (Å²) in [4.78, 5) is 0. The summed E-state index contributed by atoms with van der Waals surface area (Å²) < 4.78 is 0. The van der Waals surface area contributed by atoms with Crippen molar-refractivity contribution >= 4 is 0 Å². The maximum Gasteiger partial charge on any atom is -0.0288 e. The molecule has 0 spiro atoms. The topological polar surface area (TPSA) is 0 Å². The SMILES string of the molecule is C/C=C(\C)CC/C=C(/C)CCC=C(C)C. The van der Waals surface area contributed by atoms with Crippen molar-refractivity contribution in [2.45, 2.75) is 60.3 Å². The monoisotopic (exact) mass is 206 g/mol. The summed E-state index contributed by atoms with van der Waals surface area (Å²) in [5.41, 5.74) is 4.44. The van der Waals surface area contributed by atoms with Crippen LogP contribution in [0.5, 0.6) is 0 Å². The van der Waals surface area contributed by atoms with Crippen molar-refractivity contribution in [2.75, 3.05) is 0 Å². The van der Waals surface area contributed by atoms with Crippen molar-refractivity contribution in [3.05, 3.63) is 34.9 Å². The average molecular weight is 206 g/mol. The van der Waals surface area contributed by atoms with E-state index in [0.717, 1.165) is 0 Å². The van der Waals surface area contributed by atoms with E-state index in [0.29, 0.717) is 0 Å². The fourth-order valence-corrected chi connectivity index (χ4v) is 1.38. The minimum absolute atomic E-state index is 1.19. The molecule has 0 unspecified atom stereocenters. The molecule has 0 aromatic heterocycles. The summed E-state index contributed by atoms with van der Waals surface area (Å²) in [6, 6.07) is 0. The van der Waals surface area contributed by atoms with Crippen molar-refractivity contribution in [3.63, 3.8) is 0 Å². The van der Waals surface area contributed by atoms with Gasteiger partial charge < -0.3 is 0 Å². The number of hydrogen-bond donors (Lipinski definition) is 0. The molecule has 0 atom stereocenters. The van der Waals surface area contributed by atoms with Gasteiger partial charge in [0, 0.05) is 0 Å². The zero-order valence-corrected chi connectivity index (χ0v) is 11.1. The van der Waals surface area contributed by atoms with Crippen LogP contribution in [-0.4, -0.2) is 0 Å². The second-order valence-electron chi connectivity index (χ2n) is 4.54. The van der Waals surface area contributed by atoms with E-state index >= 15 is 0 Å². The van der Waals surface area contributed by atoms with Crippen LogP contribution in [-0.2, 0) is 0 Å². The van der Waals surface area contributed by atoms with Crippen molar-refractivity contribution in [1.82, 2.24) is 0 Å². The molecular formula is C15H26. The molecule has 86 valence electrons. The van der Waals surface area contributed by atoms with Gasteiger partial charge in [0.25, 0.3) is 0 Å². The van der Waals surface area contributed by atoms with Crippen LogP contribution < -0.4 is 0 Å². The van der Waals surface area contributed by atoms with Crippen LogP contribution in [0.2, 0.25) is 0 Å². The van der Waals surface area contributed by atoms with Gasteiger partial charge in [-0.15, -0.1) is 0 Å². The Morgan fingerprint density at radius 2 is 1.33 bits per heavy atom. The predicted octanol–water partition coefficient (Wildman–Crippen LogP) is 5.43. The van der Waals surface area contributed by atoms with Crippen LogP contribution in [0.15, 0.2) is 34.9 Å². The number of allylic oxidation sites excluding steroid dienone is 6. The summed E-state index contributed by atoms with van der Waals surface area (Å²) in [5.74, 6) is 0. The van der Waals surface area contributed by atoms with Crippen LogP contribution in [0.25, 0.3) is 0 Å². The lowest BCUT2D eigenvalue weighted by molar-refractivity contribution is 0.917. The third-order valence-corrected chi connectivity index (χ3v) is 2.62. The third kappa shape index (κ3) is 9.52. The Balaban J connectivity index is 3.75. The van der Waals surface area contributed by atoms with Crippen LogP contribution in [0, 0.1) is 0 Å². The molecule has 0 amide bonds. The highest BCUT2D eigenvalue weighted by Gasteiger charge is 1.90. The van der Waals surface area contributed by atoms with Gasteiger partial charge in [0.05, 0.1) is 0 Å². The molecule has 0 aliphatic rings. The van der Waals surface area contributed by atoms with Crippen LogP contribution in [0.3, 0.4) is 0 Å². The molecule has 0 aliphatic carbocycles. The first-order valence-electron chi connectivity index (χ1n) is 5.97. The highest BCUT2D eigenvalue weighted by molar-refractivity contribution is 5.04. The summed E-state index contributed by atoms with van der Waals surface area (Å²) in [5, 5.41) is 0. The Labute approximate surface area is 95.8 Å². The molecule has 0 rings (SSSR count). The van der Waals surface area contributed by atoms with Crippen LogP contribution >= 0.6 is 0 Å². The normalized spacial score (nSPS) is 12.9. The van der Waals surface area contributed by atoms with Gasteiger partial charge in [0.2, 0.25) is 0 Å². The van der Waals surface area contributed by atoms with E-state index in [1.807, 2.05) is 0 Å². The van der Waals surface area contributed by atoms with E-state index in [2.05, 4.69) is 52.8 Å². The Kier molecular flexibility index (Phi) is 8.08. The predicted molar refractivity (Wildman–Crippen MR) is 71.1 cm³/mol. The zero-order valence-electron chi connectivity index (χ0n) is 11.1. The minimum Gasteiger partial charge on any atom is -0.0887 e. The van der Waals surface area contributed by atoms with Crippen molar-refractivity contribution in [2.24, 2.45) is 0 Å². The molecule has 0 fully saturated rings. The van der Waals surface area contributed by atoms with E-state index in [4.69, 9.17) is 0 Å². The highest BCUT2D eigenvalue weighted by Crippen LogP contribution is 2.10. The first-order valence-corrected chi connectivity index (χ1v) is 5.97. The Hall–Kier alpha value is -0.780. The van der Waals surface area contributed by atoms with Crippen LogP contribution in [0.4, 0.5) is 0 Å². The fraction of sp³-hybridized carbons (Fsp3) is 0.600. The second kappa shape index (κ2) is 8.52. The van der Waals surface area contributed by atoms with Gasteiger partial charge in [-0.2, -0.15) is 0 Å². The summed E-state index contributed by atoms with van der Waals surface area (Å²) in [6.07, 6.45) is 11.7. The molecule has 0 heterocycles. The van der Waals surface area contributed by atoms with Crippen LogP contribution in [0.1, 0.15) is 60.3 Å². The molecule has 0 aliphatic heterocycles. The third-order valence-electron chi connectivity index (χ3n) is 2.62. The average Bonchev–Trinajstić information content (AvgIpc) is 2.17. The van der Waals surface area contributed by atoms with Gasteiger partial charge in [-0.3, -0.25) is 0 Å². The van der Waals surface area contributed by atoms with E-state index < -0.39 is 0 Å². The second-order valence-corrected chi connectivity index (χ2v) is 4.54. The van der Waals surface area contributed by atoms with Gasteiger partial charge >= 0.3 is 0 Å². The maximum absolute atomic E-state index is 2.38. The fourth-order valence-electron chi connectivity index (χ4n) is 1.38. The van der Waals surface area contributed by atoms with Crippen molar-refractivity contribution in [1.29, 1.82) is 0 Å². The van der Waals surface area contributed by atoms with Gasteiger partial charge in [-0.05, 0) is 60.3 Å². The molecule has 0 bridgehead atoms. The lowest BCUT2D eigenvalue weighted by atomic mass is 10.1. The van der Waals surface area contributed by atoms with Crippen molar-refractivity contribution in [3.8, 4) is 0 Å². The Bertz CT molecular complexity index is 247. The molecule has 0 aromatic rings. The molecule has 0 N–H and O–H groups in total. The van der Waals surface area contributed by atoms with E-state index in [1.54, 1.807) is 0 Å². The first-order chi connectivity index (χ1) is 7.06. The minimum atomic E-state index is 1.19. The molecule has 0 nitrogen and oxygen atoms in total. The van der Waals surface area contributed by atoms with E-state index in [1.165, 1.54) is 42.4 Å². The van der Waals surface area contributed by atoms with E-state index in [-0.39, 0.29) is 0 Å². The largest absolute Gasteiger partial charge is 0.0887 e. The lowest BCUT2D eigenvalue weighted by Crippen LogP contribution is -1.80. The number of rotatable bonds is 6. The highest BCUT2D eigenvalue weighted by atomic mass is 14.0. The molecular weight excluding hydrogens is 180 g/mol. The van der Waals surface area contributed by atoms with Crippen molar-refractivity contribution < 1.29 is 0 Å². The lowest BCUT2D eigenvalue weighted by Gasteiger charge is -2.00. The quantitative estimate of drug-likeness (QED) is 0.509.